The maximum absolute atomic E-state index is 12.0. The summed E-state index contributed by atoms with van der Waals surface area (Å²) in [6.07, 6.45) is 11.7. The van der Waals surface area contributed by atoms with Crippen LogP contribution in [0, 0.1) is 34.5 Å². The topological polar surface area (TPSA) is 37.3 Å². The van der Waals surface area contributed by atoms with E-state index in [2.05, 4.69) is 29.8 Å². The second-order valence-corrected chi connectivity index (χ2v) is 10.1. The third kappa shape index (κ3) is 2.19. The number of fused-ring (bicyclic) bond motifs is 5. The van der Waals surface area contributed by atoms with Crippen molar-refractivity contribution in [2.75, 3.05) is 0 Å². The lowest BCUT2D eigenvalue weighted by Gasteiger charge is -2.60. The van der Waals surface area contributed by atoms with E-state index in [0.29, 0.717) is 23.0 Å². The van der Waals surface area contributed by atoms with Crippen molar-refractivity contribution in [3.8, 4) is 0 Å². The van der Waals surface area contributed by atoms with Crippen molar-refractivity contribution in [2.24, 2.45) is 34.5 Å². The fraction of sp³-hybridized carbons (Fsp3) is 0.857. The van der Waals surface area contributed by atoms with Crippen molar-refractivity contribution in [1.82, 2.24) is 0 Å². The first-order valence-electron chi connectivity index (χ1n) is 9.86. The van der Waals surface area contributed by atoms with E-state index in [1.54, 1.807) is 0 Å². The van der Waals surface area contributed by atoms with Gasteiger partial charge < -0.3 is 5.11 Å². The highest BCUT2D eigenvalue weighted by atomic mass is 79.9. The van der Waals surface area contributed by atoms with E-state index in [0.717, 1.165) is 50.4 Å². The van der Waals surface area contributed by atoms with Gasteiger partial charge in [0.1, 0.15) is 5.78 Å². The van der Waals surface area contributed by atoms with Crippen LogP contribution >= 0.6 is 15.9 Å². The van der Waals surface area contributed by atoms with Crippen molar-refractivity contribution in [1.29, 1.82) is 0 Å². The minimum absolute atomic E-state index is 0.0200. The normalized spacial score (nSPS) is 54.4. The van der Waals surface area contributed by atoms with Gasteiger partial charge in [0.05, 0.1) is 5.60 Å². The molecule has 0 unspecified atom stereocenters. The smallest absolute Gasteiger partial charge is 0.133 e. The van der Waals surface area contributed by atoms with E-state index in [9.17, 15) is 9.90 Å². The molecule has 0 heterocycles. The molecular formula is C21H31BrO2. The Hall–Kier alpha value is -0.150. The van der Waals surface area contributed by atoms with Crippen LogP contribution in [-0.4, -0.2) is 16.5 Å². The third-order valence-electron chi connectivity index (χ3n) is 9.04. The summed E-state index contributed by atoms with van der Waals surface area (Å²) in [6.45, 7) is 4.83. The molecule has 24 heavy (non-hydrogen) atoms. The second-order valence-electron chi connectivity index (χ2n) is 9.61. The summed E-state index contributed by atoms with van der Waals surface area (Å²) < 4.78 is 0. The third-order valence-corrected chi connectivity index (χ3v) is 9.30. The van der Waals surface area contributed by atoms with Crippen molar-refractivity contribution >= 4 is 21.7 Å². The van der Waals surface area contributed by atoms with E-state index >= 15 is 0 Å². The number of hydrogen-bond donors (Lipinski definition) is 1. The molecule has 4 aliphatic carbocycles. The average molecular weight is 395 g/mol. The molecule has 0 aliphatic heterocycles. The Morgan fingerprint density at radius 1 is 1.08 bits per heavy atom. The minimum Gasteiger partial charge on any atom is -0.385 e. The van der Waals surface area contributed by atoms with Crippen LogP contribution < -0.4 is 0 Å². The van der Waals surface area contributed by atoms with Gasteiger partial charge in [-0.15, -0.1) is 0 Å². The predicted molar refractivity (Wildman–Crippen MR) is 99.8 cm³/mol. The number of rotatable bonds is 1. The van der Waals surface area contributed by atoms with Crippen molar-refractivity contribution in [3.05, 3.63) is 11.1 Å². The van der Waals surface area contributed by atoms with Crippen LogP contribution in [-0.2, 0) is 4.79 Å². The molecule has 7 atom stereocenters. The van der Waals surface area contributed by atoms with E-state index in [-0.39, 0.29) is 5.41 Å². The van der Waals surface area contributed by atoms with Crippen LogP contribution in [0.2, 0.25) is 0 Å². The molecule has 0 saturated heterocycles. The van der Waals surface area contributed by atoms with E-state index in [1.165, 1.54) is 19.3 Å². The van der Waals surface area contributed by atoms with Gasteiger partial charge in [-0.1, -0.05) is 29.8 Å². The van der Waals surface area contributed by atoms with Gasteiger partial charge in [0.2, 0.25) is 0 Å². The molecule has 2 nitrogen and oxygen atoms in total. The lowest BCUT2D eigenvalue weighted by atomic mass is 9.44. The number of carbonyl (C=O) groups excluding carboxylic acids is 1. The van der Waals surface area contributed by atoms with Gasteiger partial charge in [0.15, 0.2) is 0 Å². The standard InChI is InChI=1S/C21H31BrO2/c1-19-8-5-15(23)13-14(19)3-4-16-17(19)6-9-20(2)18(16)7-10-21(20,24)11-12-22/h11-12,14,16-18,24H,3-10,13H2,1-2H3/b12-11-/t14-,16+,17-,18-,19-,20-,21+/m0/s1. The quantitative estimate of drug-likeness (QED) is 0.660. The molecule has 0 radical (unpaired) electrons. The first kappa shape index (κ1) is 17.3. The molecule has 4 aliphatic rings. The van der Waals surface area contributed by atoms with Gasteiger partial charge in [-0.25, -0.2) is 0 Å². The van der Waals surface area contributed by atoms with Gasteiger partial charge in [-0.05, 0) is 85.1 Å². The Balaban J connectivity index is 1.64. The molecule has 4 saturated carbocycles. The molecule has 0 aromatic carbocycles. The van der Waals surface area contributed by atoms with E-state index in [1.807, 2.05) is 11.1 Å². The molecule has 0 spiro atoms. The Morgan fingerprint density at radius 2 is 1.83 bits per heavy atom. The van der Waals surface area contributed by atoms with E-state index in [4.69, 9.17) is 0 Å². The first-order valence-corrected chi connectivity index (χ1v) is 10.8. The number of halogens is 1. The average Bonchev–Trinajstić information content (AvgIpc) is 2.80. The van der Waals surface area contributed by atoms with Crippen LogP contribution in [0.5, 0.6) is 0 Å². The molecular weight excluding hydrogens is 364 g/mol. The summed E-state index contributed by atoms with van der Waals surface area (Å²) in [5.74, 6) is 3.26. The molecule has 1 N–H and O–H groups in total. The Bertz CT molecular complexity index is 572. The zero-order chi connectivity index (χ0) is 17.2. The molecule has 3 heteroatoms. The van der Waals surface area contributed by atoms with Crippen molar-refractivity contribution < 1.29 is 9.90 Å². The maximum Gasteiger partial charge on any atom is 0.133 e. The zero-order valence-corrected chi connectivity index (χ0v) is 16.6. The fourth-order valence-electron chi connectivity index (χ4n) is 7.47. The lowest BCUT2D eigenvalue weighted by molar-refractivity contribution is -0.148. The molecule has 0 aromatic rings. The van der Waals surface area contributed by atoms with Gasteiger partial charge in [-0.3, -0.25) is 4.79 Å². The van der Waals surface area contributed by atoms with Gasteiger partial charge in [0.25, 0.3) is 0 Å². The molecule has 4 rings (SSSR count). The molecule has 0 bridgehead atoms. The number of carbonyl (C=O) groups is 1. The van der Waals surface area contributed by atoms with Crippen LogP contribution in [0.3, 0.4) is 0 Å². The van der Waals surface area contributed by atoms with Crippen molar-refractivity contribution in [3.63, 3.8) is 0 Å². The predicted octanol–water partition coefficient (Wildman–Crippen LogP) is 5.24. The van der Waals surface area contributed by atoms with E-state index < -0.39 is 5.60 Å². The summed E-state index contributed by atoms with van der Waals surface area (Å²) in [5.41, 5.74) is -0.261. The van der Waals surface area contributed by atoms with Gasteiger partial charge in [-0.2, -0.15) is 0 Å². The summed E-state index contributed by atoms with van der Waals surface area (Å²) in [7, 11) is 0. The van der Waals surface area contributed by atoms with Crippen LogP contribution in [0.25, 0.3) is 0 Å². The summed E-state index contributed by atoms with van der Waals surface area (Å²) in [5, 5.41) is 11.3. The summed E-state index contributed by atoms with van der Waals surface area (Å²) in [4.78, 5) is 13.8. The molecule has 0 aromatic heterocycles. The summed E-state index contributed by atoms with van der Waals surface area (Å²) in [6, 6.07) is 0. The number of Topliss-reactive ketones (excluding diaryl/α,β-unsaturated/α-hetero) is 1. The van der Waals surface area contributed by atoms with Crippen molar-refractivity contribution in [2.45, 2.75) is 77.2 Å². The first-order chi connectivity index (χ1) is 11.3. The lowest BCUT2D eigenvalue weighted by Crippen LogP contribution is -2.56. The highest BCUT2D eigenvalue weighted by Crippen LogP contribution is 2.68. The number of aliphatic hydroxyl groups is 1. The van der Waals surface area contributed by atoms with Gasteiger partial charge >= 0.3 is 0 Å². The van der Waals surface area contributed by atoms with Crippen LogP contribution in [0.4, 0.5) is 0 Å². The second kappa shape index (κ2) is 5.67. The summed E-state index contributed by atoms with van der Waals surface area (Å²) >= 11 is 3.39. The monoisotopic (exact) mass is 394 g/mol. The Morgan fingerprint density at radius 3 is 2.58 bits per heavy atom. The SMILES string of the molecule is C[C@]12CCC(=O)C[C@@H]1CC[C@@H]1[C@@H]2CC[C@@]2(C)[C@H]1CC[C@@]2(O)/C=C\Br. The maximum atomic E-state index is 12.0. The Kier molecular flexibility index (Phi) is 4.08. The highest BCUT2D eigenvalue weighted by molar-refractivity contribution is 9.11. The number of hydrogen-bond acceptors (Lipinski definition) is 2. The molecule has 134 valence electrons. The van der Waals surface area contributed by atoms with Crippen LogP contribution in [0.15, 0.2) is 11.1 Å². The van der Waals surface area contributed by atoms with Gasteiger partial charge in [0, 0.05) is 18.3 Å². The molecule has 4 fully saturated rings. The molecule has 0 amide bonds. The largest absolute Gasteiger partial charge is 0.385 e. The minimum atomic E-state index is -0.646. The fourth-order valence-corrected chi connectivity index (χ4v) is 7.91. The number of ketones is 1. The highest BCUT2D eigenvalue weighted by Gasteiger charge is 2.63. The van der Waals surface area contributed by atoms with Crippen LogP contribution in [0.1, 0.15) is 71.6 Å². The zero-order valence-electron chi connectivity index (χ0n) is 15.1. The Labute approximate surface area is 154 Å².